The molecule has 0 bridgehead atoms. The minimum atomic E-state index is -3.72. The molecular formula is C15H15N3O4S. The fourth-order valence-electron chi connectivity index (χ4n) is 2.38. The van der Waals surface area contributed by atoms with E-state index >= 15 is 0 Å². The fraction of sp³-hybridized carbons (Fsp3) is 0.200. The van der Waals surface area contributed by atoms with Gasteiger partial charge >= 0.3 is 0 Å². The predicted octanol–water partition coefficient (Wildman–Crippen LogP) is 1.27. The number of carbonyl (C=O) groups is 1. The van der Waals surface area contributed by atoms with Crippen LogP contribution in [0.3, 0.4) is 0 Å². The summed E-state index contributed by atoms with van der Waals surface area (Å²) in [6.07, 6.45) is 3.15. The summed E-state index contributed by atoms with van der Waals surface area (Å²) in [6.45, 7) is 0.0699. The van der Waals surface area contributed by atoms with Crippen LogP contribution in [0.15, 0.2) is 48.8 Å². The number of benzene rings is 1. The lowest BCUT2D eigenvalue weighted by Gasteiger charge is -2.16. The van der Waals surface area contributed by atoms with Crippen molar-refractivity contribution < 1.29 is 17.9 Å². The standard InChI is InChI=1S/C15H15N3O4S/c16-23(20,21)14-8-15(19)18(10-14)11-3-5-12(6-4-11)22-13-2-1-7-17-9-13/h1-7,9,14H,8,10H2,(H2,16,20,21). The van der Waals surface area contributed by atoms with Crippen molar-refractivity contribution in [3.63, 3.8) is 0 Å². The van der Waals surface area contributed by atoms with Gasteiger partial charge in [-0.3, -0.25) is 9.78 Å². The van der Waals surface area contributed by atoms with Crippen molar-refractivity contribution in [1.29, 1.82) is 0 Å². The van der Waals surface area contributed by atoms with E-state index in [-0.39, 0.29) is 18.9 Å². The van der Waals surface area contributed by atoms with Gasteiger partial charge in [0.25, 0.3) is 0 Å². The second kappa shape index (κ2) is 5.98. The Morgan fingerprint density at radius 2 is 1.91 bits per heavy atom. The van der Waals surface area contributed by atoms with Gasteiger partial charge in [0, 0.05) is 24.8 Å². The van der Waals surface area contributed by atoms with Crippen LogP contribution < -0.4 is 14.8 Å². The number of aromatic nitrogens is 1. The molecule has 2 aromatic rings. The molecule has 0 radical (unpaired) electrons. The van der Waals surface area contributed by atoms with E-state index in [9.17, 15) is 13.2 Å². The number of sulfonamides is 1. The molecule has 3 rings (SSSR count). The van der Waals surface area contributed by atoms with Gasteiger partial charge in [-0.25, -0.2) is 13.6 Å². The van der Waals surface area contributed by atoms with Gasteiger partial charge < -0.3 is 9.64 Å². The average molecular weight is 333 g/mol. The molecule has 2 N–H and O–H groups in total. The Morgan fingerprint density at radius 3 is 2.48 bits per heavy atom. The minimum absolute atomic E-state index is 0.0699. The van der Waals surface area contributed by atoms with Crippen molar-refractivity contribution in [3.05, 3.63) is 48.8 Å². The highest BCUT2D eigenvalue weighted by molar-refractivity contribution is 7.89. The quantitative estimate of drug-likeness (QED) is 0.907. The summed E-state index contributed by atoms with van der Waals surface area (Å²) >= 11 is 0. The summed E-state index contributed by atoms with van der Waals surface area (Å²) in [4.78, 5) is 17.3. The average Bonchev–Trinajstić information content (AvgIpc) is 2.91. The third-order valence-corrected chi connectivity index (χ3v) is 4.82. The maximum Gasteiger partial charge on any atom is 0.228 e. The number of hydrogen-bond acceptors (Lipinski definition) is 5. The normalized spacial score (nSPS) is 18.2. The van der Waals surface area contributed by atoms with E-state index < -0.39 is 15.3 Å². The molecule has 23 heavy (non-hydrogen) atoms. The van der Waals surface area contributed by atoms with Crippen molar-refractivity contribution in [3.8, 4) is 11.5 Å². The molecule has 1 aromatic heterocycles. The summed E-state index contributed by atoms with van der Waals surface area (Å²) in [6, 6.07) is 10.4. The van der Waals surface area contributed by atoms with E-state index in [1.54, 1.807) is 48.8 Å². The van der Waals surface area contributed by atoms with Gasteiger partial charge in [0.05, 0.1) is 6.20 Å². The number of carbonyl (C=O) groups excluding carboxylic acids is 1. The SMILES string of the molecule is NS(=O)(=O)C1CC(=O)N(c2ccc(Oc3cccnc3)cc2)C1. The van der Waals surface area contributed by atoms with E-state index in [1.807, 2.05) is 0 Å². The third kappa shape index (κ3) is 3.49. The predicted molar refractivity (Wildman–Crippen MR) is 84.6 cm³/mol. The number of hydrogen-bond donors (Lipinski definition) is 1. The molecule has 1 aliphatic heterocycles. The van der Waals surface area contributed by atoms with Crippen molar-refractivity contribution in [1.82, 2.24) is 4.98 Å². The summed E-state index contributed by atoms with van der Waals surface area (Å²) in [5.74, 6) is 0.938. The van der Waals surface area contributed by atoms with Gasteiger partial charge in [0.1, 0.15) is 16.7 Å². The smallest absolute Gasteiger partial charge is 0.228 e. The Hall–Kier alpha value is -2.45. The van der Waals surface area contributed by atoms with Crippen LogP contribution >= 0.6 is 0 Å². The number of nitrogens with two attached hydrogens (primary N) is 1. The van der Waals surface area contributed by atoms with Crippen molar-refractivity contribution >= 4 is 21.6 Å². The number of pyridine rings is 1. The second-order valence-electron chi connectivity index (χ2n) is 5.20. The van der Waals surface area contributed by atoms with Crippen LogP contribution in [0.25, 0.3) is 0 Å². The molecule has 0 aliphatic carbocycles. The molecule has 1 aromatic carbocycles. The van der Waals surface area contributed by atoms with Crippen molar-refractivity contribution in [2.75, 3.05) is 11.4 Å². The highest BCUT2D eigenvalue weighted by Gasteiger charge is 2.37. The van der Waals surface area contributed by atoms with Crippen molar-refractivity contribution in [2.24, 2.45) is 5.14 Å². The maximum atomic E-state index is 12.0. The first-order chi connectivity index (χ1) is 10.9. The van der Waals surface area contributed by atoms with E-state index in [0.717, 1.165) is 0 Å². The molecule has 1 aliphatic rings. The minimum Gasteiger partial charge on any atom is -0.456 e. The first kappa shape index (κ1) is 15.4. The summed E-state index contributed by atoms with van der Waals surface area (Å²) < 4.78 is 28.4. The zero-order valence-electron chi connectivity index (χ0n) is 12.1. The molecule has 1 saturated heterocycles. The third-order valence-electron chi connectivity index (χ3n) is 3.57. The van der Waals surface area contributed by atoms with Crippen LogP contribution in [-0.4, -0.2) is 31.1 Å². The lowest BCUT2D eigenvalue weighted by atomic mass is 10.3. The highest BCUT2D eigenvalue weighted by atomic mass is 32.2. The zero-order chi connectivity index (χ0) is 16.4. The number of amides is 1. The largest absolute Gasteiger partial charge is 0.456 e. The van der Waals surface area contributed by atoms with Gasteiger partial charge in [-0.2, -0.15) is 0 Å². The second-order valence-corrected chi connectivity index (χ2v) is 7.05. The molecule has 0 saturated carbocycles. The van der Waals surface area contributed by atoms with Gasteiger partial charge in [0.2, 0.25) is 15.9 Å². The molecule has 0 spiro atoms. The lowest BCUT2D eigenvalue weighted by Crippen LogP contribution is -2.32. The summed E-state index contributed by atoms with van der Waals surface area (Å²) in [7, 11) is -3.72. The van der Waals surface area contributed by atoms with Gasteiger partial charge in [-0.1, -0.05) is 0 Å². The number of ether oxygens (including phenoxy) is 1. The molecule has 8 heteroatoms. The van der Waals surface area contributed by atoms with Crippen LogP contribution in [0.1, 0.15) is 6.42 Å². The molecule has 7 nitrogen and oxygen atoms in total. The molecule has 1 amide bonds. The Balaban J connectivity index is 1.74. The number of rotatable bonds is 4. The number of anilines is 1. The van der Waals surface area contributed by atoms with E-state index in [0.29, 0.717) is 17.2 Å². The molecule has 120 valence electrons. The van der Waals surface area contributed by atoms with E-state index in [2.05, 4.69) is 4.98 Å². The molecule has 2 heterocycles. The first-order valence-electron chi connectivity index (χ1n) is 6.93. The van der Waals surface area contributed by atoms with Crippen molar-refractivity contribution in [2.45, 2.75) is 11.7 Å². The highest BCUT2D eigenvalue weighted by Crippen LogP contribution is 2.27. The van der Waals surface area contributed by atoms with Crippen LogP contribution in [-0.2, 0) is 14.8 Å². The maximum absolute atomic E-state index is 12.0. The van der Waals surface area contributed by atoms with Gasteiger partial charge in [0.15, 0.2) is 0 Å². The molecule has 1 unspecified atom stereocenters. The number of nitrogens with zero attached hydrogens (tertiary/aromatic N) is 2. The van der Waals surface area contributed by atoms with Crippen LogP contribution in [0.2, 0.25) is 0 Å². The fourth-order valence-corrected chi connectivity index (χ4v) is 3.11. The monoisotopic (exact) mass is 333 g/mol. The van der Waals surface area contributed by atoms with Gasteiger partial charge in [-0.15, -0.1) is 0 Å². The van der Waals surface area contributed by atoms with E-state index in [4.69, 9.17) is 9.88 Å². The Morgan fingerprint density at radius 1 is 1.17 bits per heavy atom. The Labute approximate surface area is 133 Å². The van der Waals surface area contributed by atoms with Crippen LogP contribution in [0, 0.1) is 0 Å². The van der Waals surface area contributed by atoms with Crippen LogP contribution in [0.4, 0.5) is 5.69 Å². The topological polar surface area (TPSA) is 103 Å². The first-order valence-corrected chi connectivity index (χ1v) is 8.54. The van der Waals surface area contributed by atoms with Crippen LogP contribution in [0.5, 0.6) is 11.5 Å². The molecular weight excluding hydrogens is 318 g/mol. The zero-order valence-corrected chi connectivity index (χ0v) is 12.9. The van der Waals surface area contributed by atoms with Gasteiger partial charge in [-0.05, 0) is 36.4 Å². The molecule has 1 fully saturated rings. The summed E-state index contributed by atoms with van der Waals surface area (Å²) in [5, 5.41) is 4.26. The Kier molecular flexibility index (Phi) is 4.01. The van der Waals surface area contributed by atoms with E-state index in [1.165, 1.54) is 4.90 Å². The summed E-state index contributed by atoms with van der Waals surface area (Å²) in [5.41, 5.74) is 0.611. The lowest BCUT2D eigenvalue weighted by molar-refractivity contribution is -0.117. The molecule has 1 atom stereocenters. The Bertz CT molecular complexity index is 806. The number of primary sulfonamides is 1.